The summed E-state index contributed by atoms with van der Waals surface area (Å²) in [6.07, 6.45) is 2.25. The molecular formula is C11H26N2O. The van der Waals surface area contributed by atoms with Crippen LogP contribution in [0, 0.1) is 0 Å². The van der Waals surface area contributed by atoms with Crippen LogP contribution in [0.1, 0.15) is 33.6 Å². The maximum atomic E-state index is 5.61. The molecular weight excluding hydrogens is 176 g/mol. The Morgan fingerprint density at radius 1 is 1.36 bits per heavy atom. The van der Waals surface area contributed by atoms with E-state index in [1.165, 1.54) is 6.42 Å². The Hall–Kier alpha value is -0.120. The zero-order valence-corrected chi connectivity index (χ0v) is 10.1. The maximum absolute atomic E-state index is 5.61. The highest BCUT2D eigenvalue weighted by Gasteiger charge is 2.19. The van der Waals surface area contributed by atoms with E-state index in [9.17, 15) is 0 Å². The van der Waals surface area contributed by atoms with Crippen LogP contribution >= 0.6 is 0 Å². The first-order chi connectivity index (χ1) is 6.71. The molecule has 14 heavy (non-hydrogen) atoms. The molecule has 0 radical (unpaired) electrons. The largest absolute Gasteiger partial charge is 0.383 e. The molecule has 0 saturated heterocycles. The van der Waals surface area contributed by atoms with Gasteiger partial charge in [0, 0.05) is 19.2 Å². The number of rotatable bonds is 8. The fourth-order valence-electron chi connectivity index (χ4n) is 2.06. The van der Waals surface area contributed by atoms with Crippen molar-refractivity contribution in [3.05, 3.63) is 0 Å². The fraction of sp³-hybridized carbons (Fsp3) is 1.00. The zero-order chi connectivity index (χ0) is 11.0. The van der Waals surface area contributed by atoms with Gasteiger partial charge in [0.25, 0.3) is 0 Å². The van der Waals surface area contributed by atoms with E-state index >= 15 is 0 Å². The number of hydrogen-bond acceptors (Lipinski definition) is 3. The summed E-state index contributed by atoms with van der Waals surface area (Å²) in [5.41, 5.74) is 5.61. The van der Waals surface area contributed by atoms with Crippen molar-refractivity contribution >= 4 is 0 Å². The van der Waals surface area contributed by atoms with Gasteiger partial charge in [0.05, 0.1) is 6.61 Å². The number of ether oxygens (including phenoxy) is 1. The molecule has 0 rings (SSSR count). The number of methoxy groups -OCH3 is 1. The topological polar surface area (TPSA) is 38.5 Å². The van der Waals surface area contributed by atoms with E-state index in [2.05, 4.69) is 25.7 Å². The lowest BCUT2D eigenvalue weighted by molar-refractivity contribution is 0.0693. The van der Waals surface area contributed by atoms with Crippen LogP contribution in [0.2, 0.25) is 0 Å². The van der Waals surface area contributed by atoms with Gasteiger partial charge in [-0.25, -0.2) is 0 Å². The highest BCUT2D eigenvalue weighted by molar-refractivity contribution is 4.75. The molecule has 0 fully saturated rings. The second kappa shape index (κ2) is 8.21. The minimum absolute atomic E-state index is 0.487. The zero-order valence-electron chi connectivity index (χ0n) is 10.1. The molecule has 0 saturated carbocycles. The molecule has 0 bridgehead atoms. The normalized spacial score (nSPS) is 15.9. The van der Waals surface area contributed by atoms with E-state index in [1.807, 2.05) is 0 Å². The third-order valence-electron chi connectivity index (χ3n) is 2.78. The quantitative estimate of drug-likeness (QED) is 0.648. The Labute approximate surface area is 88.6 Å². The Morgan fingerprint density at radius 3 is 2.36 bits per heavy atom. The third kappa shape index (κ3) is 4.40. The first kappa shape index (κ1) is 13.9. The predicted octanol–water partition coefficient (Wildman–Crippen LogP) is 1.47. The number of nitrogens with two attached hydrogens (primary N) is 1. The Balaban J connectivity index is 4.18. The van der Waals surface area contributed by atoms with Crippen LogP contribution in [0.25, 0.3) is 0 Å². The molecule has 86 valence electrons. The van der Waals surface area contributed by atoms with Crippen LogP contribution in [-0.2, 0) is 4.74 Å². The summed E-state index contributed by atoms with van der Waals surface area (Å²) >= 11 is 0. The van der Waals surface area contributed by atoms with Crippen LogP contribution in [0.15, 0.2) is 0 Å². The van der Waals surface area contributed by atoms with Gasteiger partial charge < -0.3 is 10.5 Å². The van der Waals surface area contributed by atoms with Gasteiger partial charge in [-0.3, -0.25) is 4.90 Å². The smallest absolute Gasteiger partial charge is 0.0615 e. The molecule has 0 aromatic carbocycles. The van der Waals surface area contributed by atoms with Gasteiger partial charge in [-0.1, -0.05) is 13.8 Å². The summed E-state index contributed by atoms with van der Waals surface area (Å²) in [6.45, 7) is 9.28. The fourth-order valence-corrected chi connectivity index (χ4v) is 2.06. The van der Waals surface area contributed by atoms with Crippen molar-refractivity contribution in [2.45, 2.75) is 45.7 Å². The van der Waals surface area contributed by atoms with Crippen LogP contribution in [0.3, 0.4) is 0 Å². The van der Waals surface area contributed by atoms with Crippen molar-refractivity contribution in [3.63, 3.8) is 0 Å². The lowest BCUT2D eigenvalue weighted by Gasteiger charge is -2.34. The number of likely N-dealkylation sites (N-methyl/N-ethyl adjacent to an activating group) is 1. The summed E-state index contributed by atoms with van der Waals surface area (Å²) in [5, 5.41) is 0. The molecule has 2 unspecified atom stereocenters. The summed E-state index contributed by atoms with van der Waals surface area (Å²) < 4.78 is 5.19. The second-order valence-corrected chi connectivity index (χ2v) is 3.77. The van der Waals surface area contributed by atoms with Crippen LogP contribution < -0.4 is 5.73 Å². The lowest BCUT2D eigenvalue weighted by atomic mass is 10.1. The molecule has 3 nitrogen and oxygen atoms in total. The van der Waals surface area contributed by atoms with Gasteiger partial charge in [-0.2, -0.15) is 0 Å². The van der Waals surface area contributed by atoms with Crippen molar-refractivity contribution in [1.29, 1.82) is 0 Å². The molecule has 0 heterocycles. The Bertz CT molecular complexity index is 130. The first-order valence-electron chi connectivity index (χ1n) is 5.65. The second-order valence-electron chi connectivity index (χ2n) is 3.77. The third-order valence-corrected chi connectivity index (χ3v) is 2.78. The number of nitrogens with zero attached hydrogens (tertiary/aromatic N) is 1. The minimum Gasteiger partial charge on any atom is -0.383 e. The van der Waals surface area contributed by atoms with E-state index in [0.29, 0.717) is 12.1 Å². The molecule has 3 heteroatoms. The first-order valence-corrected chi connectivity index (χ1v) is 5.65. The molecule has 2 N–H and O–H groups in total. The maximum Gasteiger partial charge on any atom is 0.0615 e. The molecule has 0 amide bonds. The van der Waals surface area contributed by atoms with Gasteiger partial charge in [-0.15, -0.1) is 0 Å². The predicted molar refractivity (Wildman–Crippen MR) is 61.5 cm³/mol. The van der Waals surface area contributed by atoms with E-state index in [4.69, 9.17) is 10.5 Å². The standard InChI is InChI=1S/C11H26N2O/c1-5-11(7-8-12)13(6-2)10(3)9-14-4/h10-11H,5-9,12H2,1-4H3. The summed E-state index contributed by atoms with van der Waals surface area (Å²) in [5.74, 6) is 0. The average molecular weight is 202 g/mol. The summed E-state index contributed by atoms with van der Waals surface area (Å²) in [7, 11) is 1.76. The van der Waals surface area contributed by atoms with Gasteiger partial charge >= 0.3 is 0 Å². The van der Waals surface area contributed by atoms with Crippen LogP contribution in [0.5, 0.6) is 0 Å². The molecule has 0 aliphatic carbocycles. The Kier molecular flexibility index (Phi) is 8.14. The van der Waals surface area contributed by atoms with E-state index in [1.54, 1.807) is 7.11 Å². The highest BCUT2D eigenvalue weighted by atomic mass is 16.5. The monoisotopic (exact) mass is 202 g/mol. The van der Waals surface area contributed by atoms with Gasteiger partial charge in [-0.05, 0) is 32.9 Å². The number of hydrogen-bond donors (Lipinski definition) is 1. The van der Waals surface area contributed by atoms with Gasteiger partial charge in [0.1, 0.15) is 0 Å². The van der Waals surface area contributed by atoms with Gasteiger partial charge in [0.15, 0.2) is 0 Å². The summed E-state index contributed by atoms with van der Waals surface area (Å²) in [4.78, 5) is 2.48. The van der Waals surface area contributed by atoms with E-state index in [0.717, 1.165) is 26.1 Å². The van der Waals surface area contributed by atoms with Crippen molar-refractivity contribution < 1.29 is 4.74 Å². The van der Waals surface area contributed by atoms with Crippen molar-refractivity contribution in [2.24, 2.45) is 5.73 Å². The molecule has 0 aliphatic heterocycles. The molecule has 0 aromatic rings. The molecule has 0 spiro atoms. The SMILES string of the molecule is CCC(CCN)N(CC)C(C)COC. The van der Waals surface area contributed by atoms with Crippen molar-refractivity contribution in [2.75, 3.05) is 26.8 Å². The molecule has 0 aliphatic rings. The Morgan fingerprint density at radius 2 is 2.00 bits per heavy atom. The highest BCUT2D eigenvalue weighted by Crippen LogP contribution is 2.12. The van der Waals surface area contributed by atoms with Crippen molar-refractivity contribution in [1.82, 2.24) is 4.90 Å². The lowest BCUT2D eigenvalue weighted by Crippen LogP contribution is -2.44. The van der Waals surface area contributed by atoms with Crippen molar-refractivity contribution in [3.8, 4) is 0 Å². The van der Waals surface area contributed by atoms with E-state index < -0.39 is 0 Å². The van der Waals surface area contributed by atoms with Gasteiger partial charge in [0.2, 0.25) is 0 Å². The van der Waals surface area contributed by atoms with E-state index in [-0.39, 0.29) is 0 Å². The minimum atomic E-state index is 0.487. The molecule has 0 aromatic heterocycles. The average Bonchev–Trinajstić information content (AvgIpc) is 2.18. The van der Waals surface area contributed by atoms with Crippen LogP contribution in [-0.4, -0.2) is 43.8 Å². The van der Waals surface area contributed by atoms with Crippen LogP contribution in [0.4, 0.5) is 0 Å². The molecule has 2 atom stereocenters. The summed E-state index contributed by atoms with van der Waals surface area (Å²) in [6, 6.07) is 1.09.